The highest BCUT2D eigenvalue weighted by molar-refractivity contribution is 4.81. The van der Waals surface area contributed by atoms with E-state index in [1.54, 1.807) is 7.11 Å². The molecule has 1 aliphatic carbocycles. The third-order valence-electron chi connectivity index (χ3n) is 3.38. The first-order valence-electron chi connectivity index (χ1n) is 5.50. The molecule has 0 heterocycles. The first-order chi connectivity index (χ1) is 6.25. The molecule has 0 aromatic rings. The number of methoxy groups -OCH3 is 1. The first kappa shape index (κ1) is 11.0. The Morgan fingerprint density at radius 3 is 2.54 bits per heavy atom. The average Bonchev–Trinajstić information content (AvgIpc) is 2.65. The fraction of sp³-hybridized carbons (Fsp3) is 1.00. The molecule has 1 aliphatic rings. The van der Waals surface area contributed by atoms with E-state index < -0.39 is 0 Å². The van der Waals surface area contributed by atoms with Crippen molar-refractivity contribution in [1.82, 2.24) is 0 Å². The van der Waals surface area contributed by atoms with Crippen LogP contribution >= 0.6 is 0 Å². The molecule has 0 bridgehead atoms. The molecule has 0 saturated heterocycles. The number of rotatable bonds is 5. The standard InChI is InChI=1S/C11H23NO/c1-9(7-8-13-2)11(12)10-5-3-4-6-10/h9-11H,3-8,12H2,1-2H3. The van der Waals surface area contributed by atoms with Crippen molar-refractivity contribution >= 4 is 0 Å². The van der Waals surface area contributed by atoms with Crippen molar-refractivity contribution < 1.29 is 4.74 Å². The molecular formula is C11H23NO. The van der Waals surface area contributed by atoms with Crippen LogP contribution in [0.15, 0.2) is 0 Å². The summed E-state index contributed by atoms with van der Waals surface area (Å²) in [5, 5.41) is 0. The van der Waals surface area contributed by atoms with Crippen molar-refractivity contribution in [3.8, 4) is 0 Å². The maximum absolute atomic E-state index is 6.21. The molecule has 78 valence electrons. The van der Waals surface area contributed by atoms with E-state index in [1.807, 2.05) is 0 Å². The van der Waals surface area contributed by atoms with Crippen LogP contribution in [0, 0.1) is 11.8 Å². The maximum atomic E-state index is 6.21. The Morgan fingerprint density at radius 2 is 2.00 bits per heavy atom. The van der Waals surface area contributed by atoms with E-state index >= 15 is 0 Å². The fourth-order valence-corrected chi connectivity index (χ4v) is 2.30. The molecule has 0 aromatic carbocycles. The van der Waals surface area contributed by atoms with Crippen molar-refractivity contribution in [3.05, 3.63) is 0 Å². The van der Waals surface area contributed by atoms with Gasteiger partial charge in [-0.25, -0.2) is 0 Å². The lowest BCUT2D eigenvalue weighted by molar-refractivity contribution is 0.166. The molecule has 13 heavy (non-hydrogen) atoms. The zero-order chi connectivity index (χ0) is 9.68. The topological polar surface area (TPSA) is 35.2 Å². The predicted molar refractivity (Wildman–Crippen MR) is 55.6 cm³/mol. The molecule has 0 radical (unpaired) electrons. The summed E-state index contributed by atoms with van der Waals surface area (Å²) in [5.74, 6) is 1.40. The average molecular weight is 185 g/mol. The van der Waals surface area contributed by atoms with Crippen LogP contribution in [0.4, 0.5) is 0 Å². The molecule has 1 saturated carbocycles. The highest BCUT2D eigenvalue weighted by Gasteiger charge is 2.25. The van der Waals surface area contributed by atoms with Gasteiger partial charge in [-0.15, -0.1) is 0 Å². The zero-order valence-corrected chi connectivity index (χ0v) is 8.96. The monoisotopic (exact) mass is 185 g/mol. The second-order valence-electron chi connectivity index (χ2n) is 4.38. The van der Waals surface area contributed by atoms with E-state index in [0.717, 1.165) is 18.9 Å². The molecule has 0 aliphatic heterocycles. The SMILES string of the molecule is COCCC(C)C(N)C1CCCC1. The minimum absolute atomic E-state index is 0.401. The van der Waals surface area contributed by atoms with Crippen molar-refractivity contribution in [2.45, 2.75) is 45.1 Å². The Hall–Kier alpha value is -0.0800. The van der Waals surface area contributed by atoms with Gasteiger partial charge in [0.25, 0.3) is 0 Å². The normalized spacial score (nSPS) is 23.3. The summed E-state index contributed by atoms with van der Waals surface area (Å²) >= 11 is 0. The molecule has 0 spiro atoms. The van der Waals surface area contributed by atoms with Crippen LogP contribution in [0.25, 0.3) is 0 Å². The number of ether oxygens (including phenoxy) is 1. The third kappa shape index (κ3) is 3.28. The van der Waals surface area contributed by atoms with Crippen LogP contribution < -0.4 is 5.73 Å². The van der Waals surface area contributed by atoms with Crippen LogP contribution in [0.5, 0.6) is 0 Å². The van der Waals surface area contributed by atoms with Gasteiger partial charge in [-0.2, -0.15) is 0 Å². The summed E-state index contributed by atoms with van der Waals surface area (Å²) in [6.07, 6.45) is 6.57. The zero-order valence-electron chi connectivity index (χ0n) is 8.96. The number of hydrogen-bond donors (Lipinski definition) is 1. The van der Waals surface area contributed by atoms with Crippen molar-refractivity contribution in [1.29, 1.82) is 0 Å². The lowest BCUT2D eigenvalue weighted by atomic mass is 9.87. The van der Waals surface area contributed by atoms with Gasteiger partial charge in [0.05, 0.1) is 0 Å². The maximum Gasteiger partial charge on any atom is 0.0465 e. The first-order valence-corrected chi connectivity index (χ1v) is 5.50. The second-order valence-corrected chi connectivity index (χ2v) is 4.38. The molecule has 0 aromatic heterocycles. The van der Waals surface area contributed by atoms with Gasteiger partial charge in [0, 0.05) is 19.8 Å². The van der Waals surface area contributed by atoms with Crippen molar-refractivity contribution in [2.75, 3.05) is 13.7 Å². The van der Waals surface area contributed by atoms with Gasteiger partial charge in [-0.3, -0.25) is 0 Å². The van der Waals surface area contributed by atoms with E-state index in [1.165, 1.54) is 25.7 Å². The highest BCUT2D eigenvalue weighted by atomic mass is 16.5. The molecule has 2 heteroatoms. The van der Waals surface area contributed by atoms with Crippen LogP contribution in [0.2, 0.25) is 0 Å². The highest BCUT2D eigenvalue weighted by Crippen LogP contribution is 2.30. The Morgan fingerprint density at radius 1 is 1.38 bits per heavy atom. The van der Waals surface area contributed by atoms with E-state index in [0.29, 0.717) is 12.0 Å². The molecule has 2 N–H and O–H groups in total. The smallest absolute Gasteiger partial charge is 0.0465 e. The van der Waals surface area contributed by atoms with Crippen LogP contribution in [-0.2, 0) is 4.74 Å². The van der Waals surface area contributed by atoms with Crippen molar-refractivity contribution in [3.63, 3.8) is 0 Å². The van der Waals surface area contributed by atoms with Gasteiger partial charge in [0.1, 0.15) is 0 Å². The Kier molecular flexibility index (Phi) is 4.74. The largest absolute Gasteiger partial charge is 0.385 e. The van der Waals surface area contributed by atoms with Gasteiger partial charge in [0.2, 0.25) is 0 Å². The summed E-state index contributed by atoms with van der Waals surface area (Å²) in [6, 6.07) is 0.401. The lowest BCUT2D eigenvalue weighted by Crippen LogP contribution is -2.35. The molecule has 2 nitrogen and oxygen atoms in total. The fourth-order valence-electron chi connectivity index (χ4n) is 2.30. The summed E-state index contributed by atoms with van der Waals surface area (Å²) in [4.78, 5) is 0. The molecule has 2 unspecified atom stereocenters. The van der Waals surface area contributed by atoms with Crippen molar-refractivity contribution in [2.24, 2.45) is 17.6 Å². The third-order valence-corrected chi connectivity index (χ3v) is 3.38. The van der Waals surface area contributed by atoms with Gasteiger partial charge in [-0.1, -0.05) is 19.8 Å². The number of hydrogen-bond acceptors (Lipinski definition) is 2. The van der Waals surface area contributed by atoms with E-state index in [2.05, 4.69) is 6.92 Å². The summed E-state index contributed by atoms with van der Waals surface area (Å²) < 4.78 is 5.07. The van der Waals surface area contributed by atoms with Crippen LogP contribution in [0.1, 0.15) is 39.0 Å². The molecule has 1 rings (SSSR count). The van der Waals surface area contributed by atoms with Gasteiger partial charge < -0.3 is 10.5 Å². The summed E-state index contributed by atoms with van der Waals surface area (Å²) in [7, 11) is 1.76. The molecule has 1 fully saturated rings. The Labute approximate surface area is 81.8 Å². The lowest BCUT2D eigenvalue weighted by Gasteiger charge is -2.25. The van der Waals surface area contributed by atoms with E-state index in [-0.39, 0.29) is 0 Å². The van der Waals surface area contributed by atoms with Gasteiger partial charge in [0.15, 0.2) is 0 Å². The molecule has 2 atom stereocenters. The van der Waals surface area contributed by atoms with Gasteiger partial charge >= 0.3 is 0 Å². The minimum atomic E-state index is 0.401. The second kappa shape index (κ2) is 5.61. The quantitative estimate of drug-likeness (QED) is 0.712. The van der Waals surface area contributed by atoms with Crippen LogP contribution in [0.3, 0.4) is 0 Å². The molecule has 0 amide bonds. The Bertz CT molecular complexity index is 132. The van der Waals surface area contributed by atoms with Crippen LogP contribution in [-0.4, -0.2) is 19.8 Å². The minimum Gasteiger partial charge on any atom is -0.385 e. The summed E-state index contributed by atoms with van der Waals surface area (Å²) in [6.45, 7) is 3.10. The molecular weight excluding hydrogens is 162 g/mol. The Balaban J connectivity index is 2.23. The number of nitrogens with two attached hydrogens (primary N) is 1. The summed E-state index contributed by atoms with van der Waals surface area (Å²) in [5.41, 5.74) is 6.21. The van der Waals surface area contributed by atoms with Gasteiger partial charge in [-0.05, 0) is 31.1 Å². The van der Waals surface area contributed by atoms with E-state index in [9.17, 15) is 0 Å². The predicted octanol–water partition coefficient (Wildman–Crippen LogP) is 2.18. The van der Waals surface area contributed by atoms with E-state index in [4.69, 9.17) is 10.5 Å².